The number of anilines is 1. The number of alkyl halides is 3. The Hall–Kier alpha value is -1.31. The molecule has 0 bridgehead atoms. The molecule has 0 atom stereocenters. The van der Waals surface area contributed by atoms with Gasteiger partial charge in [0, 0.05) is 12.2 Å². The first-order valence-electron chi connectivity index (χ1n) is 5.76. The van der Waals surface area contributed by atoms with Crippen molar-refractivity contribution >= 4 is 15.7 Å². The van der Waals surface area contributed by atoms with Gasteiger partial charge in [0.1, 0.15) is 15.7 Å². The molecule has 2 rings (SSSR count). The molecule has 1 aromatic rings. The molecule has 1 aliphatic heterocycles. The fourth-order valence-corrected chi connectivity index (χ4v) is 3.42. The summed E-state index contributed by atoms with van der Waals surface area (Å²) >= 11 is 0. The second kappa shape index (κ2) is 4.99. The van der Waals surface area contributed by atoms with Crippen LogP contribution in [0.3, 0.4) is 0 Å². The molecular weight excluding hydrogens is 281 g/mol. The molecule has 1 saturated heterocycles. The van der Waals surface area contributed by atoms with Gasteiger partial charge in [-0.25, -0.2) is 13.4 Å². The minimum absolute atomic E-state index is 0.0592. The predicted octanol–water partition coefficient (Wildman–Crippen LogP) is 2.09. The lowest BCUT2D eigenvalue weighted by Gasteiger charge is -2.23. The van der Waals surface area contributed by atoms with Crippen LogP contribution in [0.25, 0.3) is 0 Å². The highest BCUT2D eigenvalue weighted by Gasteiger charge is 2.31. The first kappa shape index (κ1) is 14.1. The molecule has 0 aliphatic carbocycles. The van der Waals surface area contributed by atoms with Gasteiger partial charge < -0.3 is 5.32 Å². The van der Waals surface area contributed by atoms with Crippen molar-refractivity contribution in [3.05, 3.63) is 23.9 Å². The summed E-state index contributed by atoms with van der Waals surface area (Å²) < 4.78 is 60.0. The van der Waals surface area contributed by atoms with E-state index in [0.29, 0.717) is 12.8 Å². The van der Waals surface area contributed by atoms with Crippen LogP contribution < -0.4 is 5.32 Å². The number of nitrogens with one attached hydrogen (secondary N) is 1. The van der Waals surface area contributed by atoms with Crippen LogP contribution in [-0.2, 0) is 16.0 Å². The van der Waals surface area contributed by atoms with E-state index in [2.05, 4.69) is 10.3 Å². The highest BCUT2D eigenvalue weighted by molar-refractivity contribution is 7.91. The maximum Gasteiger partial charge on any atom is 0.416 e. The van der Waals surface area contributed by atoms with E-state index in [4.69, 9.17) is 0 Å². The molecule has 0 unspecified atom stereocenters. The van der Waals surface area contributed by atoms with Crippen molar-refractivity contribution < 1.29 is 21.6 Å². The summed E-state index contributed by atoms with van der Waals surface area (Å²) in [5.74, 6) is 0.242. The Kier molecular flexibility index (Phi) is 3.71. The van der Waals surface area contributed by atoms with Gasteiger partial charge in [0.05, 0.1) is 17.1 Å². The summed E-state index contributed by atoms with van der Waals surface area (Å²) in [6.07, 6.45) is -2.54. The van der Waals surface area contributed by atoms with E-state index in [-0.39, 0.29) is 23.4 Å². The fraction of sp³-hybridized carbons (Fsp3) is 0.545. The molecule has 8 heteroatoms. The fourth-order valence-electron chi connectivity index (χ4n) is 1.93. The number of hydrogen-bond acceptors (Lipinski definition) is 4. The molecule has 19 heavy (non-hydrogen) atoms. The quantitative estimate of drug-likeness (QED) is 0.907. The summed E-state index contributed by atoms with van der Waals surface area (Å²) in [4.78, 5) is 3.82. The summed E-state index contributed by atoms with van der Waals surface area (Å²) in [5, 5.41) is 2.86. The third-order valence-corrected chi connectivity index (χ3v) is 4.71. The monoisotopic (exact) mass is 294 g/mol. The first-order valence-corrected chi connectivity index (χ1v) is 7.59. The number of nitrogens with zero attached hydrogens (tertiary/aromatic N) is 1. The number of pyridine rings is 1. The zero-order valence-corrected chi connectivity index (χ0v) is 10.8. The Labute approximate surface area is 109 Å². The van der Waals surface area contributed by atoms with Crippen LogP contribution in [-0.4, -0.2) is 30.9 Å². The number of sulfone groups is 1. The standard InChI is InChI=1S/C11H13F3N2O2S/c12-11(13,14)8-1-4-15-10(7-8)16-9-2-5-19(17,18)6-3-9/h1,4,7,9H,2-3,5-6H2,(H,15,16). The number of halogens is 3. The van der Waals surface area contributed by atoms with Gasteiger partial charge in [-0.1, -0.05) is 0 Å². The third kappa shape index (κ3) is 3.82. The van der Waals surface area contributed by atoms with Crippen molar-refractivity contribution in [3.63, 3.8) is 0 Å². The average Bonchev–Trinajstić information content (AvgIpc) is 2.31. The SMILES string of the molecule is O=S1(=O)CCC(Nc2cc(C(F)(F)F)ccn2)CC1. The third-order valence-electron chi connectivity index (χ3n) is 2.99. The van der Waals surface area contributed by atoms with E-state index in [9.17, 15) is 21.6 Å². The molecule has 1 fully saturated rings. The smallest absolute Gasteiger partial charge is 0.367 e. The second-order valence-corrected chi connectivity index (χ2v) is 6.80. The maximum atomic E-state index is 12.5. The van der Waals surface area contributed by atoms with Crippen molar-refractivity contribution in [2.45, 2.75) is 25.1 Å². The minimum atomic E-state index is -4.41. The van der Waals surface area contributed by atoms with Gasteiger partial charge in [-0.15, -0.1) is 0 Å². The van der Waals surface area contributed by atoms with Gasteiger partial charge in [0.15, 0.2) is 0 Å². The largest absolute Gasteiger partial charge is 0.416 e. The van der Waals surface area contributed by atoms with Crippen molar-refractivity contribution in [2.24, 2.45) is 0 Å². The molecule has 0 aromatic carbocycles. The van der Waals surface area contributed by atoms with E-state index in [1.165, 1.54) is 0 Å². The zero-order valence-electron chi connectivity index (χ0n) is 9.94. The van der Waals surface area contributed by atoms with Crippen LogP contribution in [0, 0.1) is 0 Å². The lowest BCUT2D eigenvalue weighted by molar-refractivity contribution is -0.137. The molecule has 0 radical (unpaired) electrons. The topological polar surface area (TPSA) is 59.1 Å². The molecule has 0 spiro atoms. The predicted molar refractivity (Wildman–Crippen MR) is 64.5 cm³/mol. The molecule has 106 valence electrons. The molecule has 1 aliphatic rings. The highest BCUT2D eigenvalue weighted by Crippen LogP contribution is 2.30. The van der Waals surface area contributed by atoms with Gasteiger partial charge in [0.2, 0.25) is 0 Å². The van der Waals surface area contributed by atoms with Crippen LogP contribution in [0.1, 0.15) is 18.4 Å². The van der Waals surface area contributed by atoms with E-state index >= 15 is 0 Å². The summed E-state index contributed by atoms with van der Waals surface area (Å²) in [5.41, 5.74) is -0.770. The lowest BCUT2D eigenvalue weighted by Crippen LogP contribution is -2.32. The Bertz CT molecular complexity index is 543. The number of aromatic nitrogens is 1. The Balaban J connectivity index is 2.04. The van der Waals surface area contributed by atoms with E-state index in [0.717, 1.165) is 18.3 Å². The van der Waals surface area contributed by atoms with E-state index < -0.39 is 21.6 Å². The van der Waals surface area contributed by atoms with Crippen LogP contribution in [0.15, 0.2) is 18.3 Å². The van der Waals surface area contributed by atoms with Crippen LogP contribution in [0.5, 0.6) is 0 Å². The highest BCUT2D eigenvalue weighted by atomic mass is 32.2. The van der Waals surface area contributed by atoms with Crippen molar-refractivity contribution in [1.29, 1.82) is 0 Å². The van der Waals surface area contributed by atoms with Gasteiger partial charge >= 0.3 is 6.18 Å². The molecule has 1 N–H and O–H groups in total. The zero-order chi connectivity index (χ0) is 14.1. The Morgan fingerprint density at radius 1 is 1.26 bits per heavy atom. The minimum Gasteiger partial charge on any atom is -0.367 e. The lowest BCUT2D eigenvalue weighted by atomic mass is 10.1. The average molecular weight is 294 g/mol. The van der Waals surface area contributed by atoms with Crippen LogP contribution >= 0.6 is 0 Å². The van der Waals surface area contributed by atoms with E-state index in [1.807, 2.05) is 0 Å². The Morgan fingerprint density at radius 2 is 1.89 bits per heavy atom. The summed E-state index contributed by atoms with van der Waals surface area (Å²) in [7, 11) is -2.98. The van der Waals surface area contributed by atoms with Crippen molar-refractivity contribution in [3.8, 4) is 0 Å². The molecule has 0 amide bonds. The number of rotatable bonds is 2. The van der Waals surface area contributed by atoms with Crippen molar-refractivity contribution in [1.82, 2.24) is 4.98 Å². The normalized spacial score (nSPS) is 20.2. The summed E-state index contributed by atoms with van der Waals surface area (Å²) in [6, 6.07) is 1.68. The number of hydrogen-bond donors (Lipinski definition) is 1. The van der Waals surface area contributed by atoms with Gasteiger partial charge in [-0.3, -0.25) is 0 Å². The maximum absolute atomic E-state index is 12.5. The van der Waals surface area contributed by atoms with Gasteiger partial charge in [-0.2, -0.15) is 13.2 Å². The van der Waals surface area contributed by atoms with Gasteiger partial charge in [0.25, 0.3) is 0 Å². The Morgan fingerprint density at radius 3 is 2.47 bits per heavy atom. The first-order chi connectivity index (χ1) is 8.76. The molecule has 2 heterocycles. The summed E-state index contributed by atoms with van der Waals surface area (Å²) in [6.45, 7) is 0. The second-order valence-electron chi connectivity index (χ2n) is 4.50. The van der Waals surface area contributed by atoms with E-state index in [1.54, 1.807) is 0 Å². The molecule has 1 aromatic heterocycles. The molecular formula is C11H13F3N2O2S. The van der Waals surface area contributed by atoms with Crippen LogP contribution in [0.2, 0.25) is 0 Å². The van der Waals surface area contributed by atoms with Crippen LogP contribution in [0.4, 0.5) is 19.0 Å². The molecule has 4 nitrogen and oxygen atoms in total. The van der Waals surface area contributed by atoms with Crippen molar-refractivity contribution in [2.75, 3.05) is 16.8 Å². The van der Waals surface area contributed by atoms with Gasteiger partial charge in [-0.05, 0) is 25.0 Å². The molecule has 0 saturated carbocycles.